The number of fused-ring (bicyclic) bond motifs is 1. The molecule has 0 unspecified atom stereocenters. The van der Waals surface area contributed by atoms with E-state index in [1.165, 1.54) is 6.08 Å². The quantitative estimate of drug-likeness (QED) is 0.483. The molecule has 4 heteroatoms. The highest BCUT2D eigenvalue weighted by molar-refractivity contribution is 6.03. The zero-order valence-corrected chi connectivity index (χ0v) is 11.8. The van der Waals surface area contributed by atoms with Crippen molar-refractivity contribution in [2.45, 2.75) is 6.92 Å². The second kappa shape index (κ2) is 7.05. The lowest BCUT2D eigenvalue weighted by Crippen LogP contribution is -2.17. The molecule has 1 aromatic carbocycles. The minimum absolute atomic E-state index is 0.0735. The fourth-order valence-electron chi connectivity index (χ4n) is 1.71. The van der Waals surface area contributed by atoms with Crippen molar-refractivity contribution in [1.29, 1.82) is 0 Å². The average Bonchev–Trinajstić information content (AvgIpc) is 2.52. The maximum absolute atomic E-state index is 11.6. The Labute approximate surface area is 123 Å². The molecule has 0 atom stereocenters. The van der Waals surface area contributed by atoms with Crippen LogP contribution in [0.15, 0.2) is 73.0 Å². The summed E-state index contributed by atoms with van der Waals surface area (Å²) in [4.78, 5) is 16.1. The van der Waals surface area contributed by atoms with Crippen molar-refractivity contribution in [2.24, 2.45) is 0 Å². The molecule has 0 radical (unpaired) electrons. The van der Waals surface area contributed by atoms with Gasteiger partial charge < -0.3 is 5.43 Å². The third kappa shape index (κ3) is 4.04. The van der Waals surface area contributed by atoms with E-state index >= 15 is 0 Å². The molecule has 106 valence electrons. The van der Waals surface area contributed by atoms with Gasteiger partial charge in [-0.15, -0.1) is 0 Å². The zero-order chi connectivity index (χ0) is 15.1. The lowest BCUT2D eigenvalue weighted by atomic mass is 10.2. The molecular weight excluding hydrogens is 262 g/mol. The lowest BCUT2D eigenvalue weighted by molar-refractivity contribution is -0.111. The van der Waals surface area contributed by atoms with Gasteiger partial charge in [-0.3, -0.25) is 10.2 Å². The van der Waals surface area contributed by atoms with Gasteiger partial charge in [0.2, 0.25) is 0 Å². The predicted molar refractivity (Wildman–Crippen MR) is 86.6 cm³/mol. The number of para-hydroxylation sites is 1. The van der Waals surface area contributed by atoms with E-state index in [0.29, 0.717) is 11.4 Å². The first-order chi connectivity index (χ1) is 10.2. The van der Waals surface area contributed by atoms with E-state index in [4.69, 9.17) is 0 Å². The number of hydrogen-bond donors (Lipinski definition) is 2. The van der Waals surface area contributed by atoms with Crippen LogP contribution in [0.2, 0.25) is 0 Å². The van der Waals surface area contributed by atoms with Gasteiger partial charge in [0.15, 0.2) is 5.78 Å². The van der Waals surface area contributed by atoms with E-state index in [-0.39, 0.29) is 5.78 Å². The van der Waals surface area contributed by atoms with Gasteiger partial charge in [0.05, 0.1) is 5.52 Å². The molecule has 21 heavy (non-hydrogen) atoms. The Morgan fingerprint density at radius 1 is 1.24 bits per heavy atom. The SMILES string of the molecule is C=C/C=C\C(=O)C(C)=CNNc1ccc2ccccc2n1. The van der Waals surface area contributed by atoms with Gasteiger partial charge in [-0.1, -0.05) is 36.9 Å². The molecule has 0 fully saturated rings. The van der Waals surface area contributed by atoms with Crippen LogP contribution >= 0.6 is 0 Å². The van der Waals surface area contributed by atoms with Crippen molar-refractivity contribution in [1.82, 2.24) is 10.4 Å². The molecule has 1 heterocycles. The molecule has 2 rings (SSSR count). The Hall–Kier alpha value is -2.88. The highest BCUT2D eigenvalue weighted by Gasteiger charge is 1.99. The standard InChI is InChI=1S/C17H17N3O/c1-3-4-9-16(21)13(2)12-18-20-17-11-10-14-7-5-6-8-15(14)19-17/h3-12,18H,1H2,2H3,(H,19,20)/b9-4-,13-12?. The van der Waals surface area contributed by atoms with Gasteiger partial charge in [-0.25, -0.2) is 4.98 Å². The molecule has 0 aliphatic heterocycles. The van der Waals surface area contributed by atoms with Crippen molar-refractivity contribution in [2.75, 3.05) is 5.43 Å². The first-order valence-electron chi connectivity index (χ1n) is 6.58. The summed E-state index contributed by atoms with van der Waals surface area (Å²) in [6.45, 7) is 5.26. The molecule has 0 aliphatic rings. The number of ketones is 1. The second-order valence-electron chi connectivity index (χ2n) is 4.44. The topological polar surface area (TPSA) is 54.0 Å². The van der Waals surface area contributed by atoms with Gasteiger partial charge in [-0.2, -0.15) is 0 Å². The summed E-state index contributed by atoms with van der Waals surface area (Å²) in [5, 5.41) is 1.08. The number of anilines is 1. The highest BCUT2D eigenvalue weighted by atomic mass is 16.1. The maximum atomic E-state index is 11.6. The molecule has 2 N–H and O–H groups in total. The Bertz CT molecular complexity index is 717. The number of aromatic nitrogens is 1. The Kier molecular flexibility index (Phi) is 4.88. The molecule has 0 spiro atoms. The molecule has 0 aliphatic carbocycles. The van der Waals surface area contributed by atoms with E-state index in [9.17, 15) is 4.79 Å². The molecule has 4 nitrogen and oxygen atoms in total. The number of carbonyl (C=O) groups is 1. The number of benzene rings is 1. The second-order valence-corrected chi connectivity index (χ2v) is 4.44. The van der Waals surface area contributed by atoms with Crippen molar-refractivity contribution in [3.8, 4) is 0 Å². The third-order valence-electron chi connectivity index (χ3n) is 2.86. The molecule has 0 bridgehead atoms. The van der Waals surface area contributed by atoms with Crippen LogP contribution in [-0.4, -0.2) is 10.8 Å². The van der Waals surface area contributed by atoms with Crippen molar-refractivity contribution < 1.29 is 4.79 Å². The Morgan fingerprint density at radius 2 is 2.05 bits per heavy atom. The van der Waals surface area contributed by atoms with E-state index in [2.05, 4.69) is 22.4 Å². The number of pyridine rings is 1. The summed E-state index contributed by atoms with van der Waals surface area (Å²) in [6.07, 6.45) is 6.25. The van der Waals surface area contributed by atoms with Gasteiger partial charge in [0, 0.05) is 17.2 Å². The molecule has 2 aromatic rings. The third-order valence-corrected chi connectivity index (χ3v) is 2.86. The summed E-state index contributed by atoms with van der Waals surface area (Å²) < 4.78 is 0. The Morgan fingerprint density at radius 3 is 2.86 bits per heavy atom. The summed E-state index contributed by atoms with van der Waals surface area (Å²) in [5.41, 5.74) is 7.31. The van der Waals surface area contributed by atoms with Crippen LogP contribution in [0, 0.1) is 0 Å². The number of nitrogens with one attached hydrogen (secondary N) is 2. The van der Waals surface area contributed by atoms with Crippen LogP contribution in [0.3, 0.4) is 0 Å². The van der Waals surface area contributed by atoms with Gasteiger partial charge in [-0.05, 0) is 31.2 Å². The van der Waals surface area contributed by atoms with Crippen molar-refractivity contribution in [3.63, 3.8) is 0 Å². The number of hydrazine groups is 1. The summed E-state index contributed by atoms with van der Waals surface area (Å²) >= 11 is 0. The minimum Gasteiger partial charge on any atom is -0.307 e. The average molecular weight is 279 g/mol. The van der Waals surface area contributed by atoms with Crippen LogP contribution in [0.25, 0.3) is 10.9 Å². The smallest absolute Gasteiger partial charge is 0.183 e. The number of hydrogen-bond acceptors (Lipinski definition) is 4. The van der Waals surface area contributed by atoms with E-state index in [0.717, 1.165) is 10.9 Å². The van der Waals surface area contributed by atoms with Gasteiger partial charge >= 0.3 is 0 Å². The lowest BCUT2D eigenvalue weighted by Gasteiger charge is -2.06. The Balaban J connectivity index is 1.99. The number of nitrogens with zero attached hydrogens (tertiary/aromatic N) is 1. The summed E-state index contributed by atoms with van der Waals surface area (Å²) in [6, 6.07) is 11.7. The normalized spacial score (nSPS) is 11.6. The number of rotatable bonds is 6. The largest absolute Gasteiger partial charge is 0.307 e. The fourth-order valence-corrected chi connectivity index (χ4v) is 1.71. The van der Waals surface area contributed by atoms with Crippen LogP contribution in [0.4, 0.5) is 5.82 Å². The molecule has 1 aromatic heterocycles. The number of allylic oxidation sites excluding steroid dienone is 4. The van der Waals surface area contributed by atoms with E-state index in [1.54, 1.807) is 25.3 Å². The minimum atomic E-state index is -0.0735. The highest BCUT2D eigenvalue weighted by Crippen LogP contribution is 2.13. The maximum Gasteiger partial charge on any atom is 0.183 e. The number of carbonyl (C=O) groups excluding carboxylic acids is 1. The van der Waals surface area contributed by atoms with Gasteiger partial charge in [0.25, 0.3) is 0 Å². The molecular formula is C17H17N3O. The molecule has 0 amide bonds. The van der Waals surface area contributed by atoms with E-state index < -0.39 is 0 Å². The first kappa shape index (κ1) is 14.5. The molecule has 0 saturated heterocycles. The predicted octanol–water partition coefficient (Wildman–Crippen LogP) is 3.37. The van der Waals surface area contributed by atoms with Crippen molar-refractivity contribution >= 4 is 22.5 Å². The summed E-state index contributed by atoms with van der Waals surface area (Å²) in [5.74, 6) is 0.613. The van der Waals surface area contributed by atoms with Crippen molar-refractivity contribution in [3.05, 3.63) is 73.0 Å². The van der Waals surface area contributed by atoms with Crippen LogP contribution < -0.4 is 10.9 Å². The fraction of sp³-hybridized carbons (Fsp3) is 0.0588. The summed E-state index contributed by atoms with van der Waals surface area (Å²) in [7, 11) is 0. The van der Waals surface area contributed by atoms with Crippen LogP contribution in [0.1, 0.15) is 6.92 Å². The van der Waals surface area contributed by atoms with E-state index in [1.807, 2.05) is 36.4 Å². The first-order valence-corrected chi connectivity index (χ1v) is 6.58. The van der Waals surface area contributed by atoms with Crippen LogP contribution in [0.5, 0.6) is 0 Å². The zero-order valence-electron chi connectivity index (χ0n) is 11.8. The monoisotopic (exact) mass is 279 g/mol. The van der Waals surface area contributed by atoms with Crippen LogP contribution in [-0.2, 0) is 4.79 Å². The van der Waals surface area contributed by atoms with Gasteiger partial charge in [0.1, 0.15) is 5.82 Å². The molecule has 0 saturated carbocycles.